The average Bonchev–Trinajstić information content (AvgIpc) is 3.15. The van der Waals surface area contributed by atoms with Crippen LogP contribution >= 0.6 is 0 Å². The van der Waals surface area contributed by atoms with Gasteiger partial charge in [-0.25, -0.2) is 9.07 Å². The van der Waals surface area contributed by atoms with Crippen LogP contribution in [-0.2, 0) is 13.1 Å². The minimum Gasteiger partial charge on any atom is -0.406 e. The third-order valence-electron chi connectivity index (χ3n) is 4.01. The van der Waals surface area contributed by atoms with Crippen molar-refractivity contribution < 1.29 is 32.2 Å². The molecule has 158 valence electrons. The normalized spacial score (nSPS) is 12.4. The second kappa shape index (κ2) is 8.91. The van der Waals surface area contributed by atoms with E-state index in [0.29, 0.717) is 5.56 Å². The van der Waals surface area contributed by atoms with E-state index in [9.17, 15) is 27.5 Å². The lowest BCUT2D eigenvalue weighted by Crippen LogP contribution is -2.23. The third kappa shape index (κ3) is 5.77. The number of hydrogen-bond acceptors (Lipinski definition) is 5. The van der Waals surface area contributed by atoms with Crippen LogP contribution in [0.3, 0.4) is 0 Å². The van der Waals surface area contributed by atoms with E-state index in [1.165, 1.54) is 41.2 Å². The van der Waals surface area contributed by atoms with Gasteiger partial charge in [-0.1, -0.05) is 35.5 Å². The standard InChI is InChI=1S/C19H16F4N4O3/c20-15-4-2-1-3-14(15)17(28)11-27-10-16(25-26-27)18(29)24-9-12-5-7-13(8-6-12)30-19(21,22)23/h1-8,10,17,28H,9,11H2,(H,24,29)/t17-/m1/s1. The molecule has 0 spiro atoms. The van der Waals surface area contributed by atoms with E-state index in [2.05, 4.69) is 20.4 Å². The molecule has 3 aromatic rings. The number of aliphatic hydroxyl groups is 1. The van der Waals surface area contributed by atoms with Crippen molar-refractivity contribution >= 4 is 5.91 Å². The summed E-state index contributed by atoms with van der Waals surface area (Å²) in [6, 6.07) is 10.8. The number of hydrogen-bond donors (Lipinski definition) is 2. The highest BCUT2D eigenvalue weighted by Crippen LogP contribution is 2.22. The molecule has 0 aliphatic rings. The van der Waals surface area contributed by atoms with Gasteiger partial charge in [0.15, 0.2) is 5.69 Å². The number of benzene rings is 2. The molecule has 30 heavy (non-hydrogen) atoms. The van der Waals surface area contributed by atoms with Crippen molar-refractivity contribution in [2.24, 2.45) is 0 Å². The number of nitrogens with zero attached hydrogens (tertiary/aromatic N) is 3. The van der Waals surface area contributed by atoms with Gasteiger partial charge < -0.3 is 15.2 Å². The van der Waals surface area contributed by atoms with Crippen LogP contribution < -0.4 is 10.1 Å². The van der Waals surface area contributed by atoms with E-state index in [-0.39, 0.29) is 30.1 Å². The number of halogens is 4. The lowest BCUT2D eigenvalue weighted by atomic mass is 10.1. The van der Waals surface area contributed by atoms with Gasteiger partial charge >= 0.3 is 6.36 Å². The van der Waals surface area contributed by atoms with E-state index in [0.717, 1.165) is 12.1 Å². The van der Waals surface area contributed by atoms with Gasteiger partial charge in [-0.05, 0) is 23.8 Å². The Bertz CT molecular complexity index is 1010. The molecule has 0 radical (unpaired) electrons. The highest BCUT2D eigenvalue weighted by atomic mass is 19.4. The molecule has 1 atom stereocenters. The molecule has 11 heteroatoms. The van der Waals surface area contributed by atoms with Crippen molar-refractivity contribution in [1.82, 2.24) is 20.3 Å². The maximum Gasteiger partial charge on any atom is 0.573 e. The van der Waals surface area contributed by atoms with Crippen LogP contribution in [0.15, 0.2) is 54.7 Å². The molecular weight excluding hydrogens is 408 g/mol. The van der Waals surface area contributed by atoms with Gasteiger partial charge in [-0.15, -0.1) is 18.3 Å². The maximum absolute atomic E-state index is 13.7. The Morgan fingerprint density at radius 3 is 2.53 bits per heavy atom. The maximum atomic E-state index is 13.7. The number of amides is 1. The van der Waals surface area contributed by atoms with Crippen LogP contribution in [0.4, 0.5) is 17.6 Å². The van der Waals surface area contributed by atoms with Crippen LogP contribution in [-0.4, -0.2) is 32.4 Å². The Labute approximate surface area is 167 Å². The van der Waals surface area contributed by atoms with Crippen molar-refractivity contribution in [2.45, 2.75) is 25.6 Å². The van der Waals surface area contributed by atoms with Crippen LogP contribution in [0, 0.1) is 5.82 Å². The molecule has 0 saturated carbocycles. The summed E-state index contributed by atoms with van der Waals surface area (Å²) >= 11 is 0. The average molecular weight is 424 g/mol. The fourth-order valence-electron chi connectivity index (χ4n) is 2.59. The number of ether oxygens (including phenoxy) is 1. The van der Waals surface area contributed by atoms with Gasteiger partial charge in [-0.3, -0.25) is 4.79 Å². The highest BCUT2D eigenvalue weighted by molar-refractivity contribution is 5.91. The number of aromatic nitrogens is 3. The number of aliphatic hydroxyl groups excluding tert-OH is 1. The first-order chi connectivity index (χ1) is 14.2. The molecule has 0 bridgehead atoms. The molecule has 7 nitrogen and oxygen atoms in total. The summed E-state index contributed by atoms with van der Waals surface area (Å²) in [6.45, 7) is -0.0717. The van der Waals surface area contributed by atoms with Gasteiger partial charge in [0.25, 0.3) is 5.91 Å². The molecule has 0 aliphatic heterocycles. The molecule has 1 aromatic heterocycles. The van der Waals surface area contributed by atoms with E-state index in [4.69, 9.17) is 0 Å². The van der Waals surface area contributed by atoms with Crippen LogP contribution in [0.1, 0.15) is 27.7 Å². The van der Waals surface area contributed by atoms with Crippen molar-refractivity contribution in [1.29, 1.82) is 0 Å². The minimum absolute atomic E-state index is 0.0345. The Morgan fingerprint density at radius 2 is 1.87 bits per heavy atom. The summed E-state index contributed by atoms with van der Waals surface area (Å²) in [5, 5.41) is 20.1. The van der Waals surface area contributed by atoms with Crippen molar-refractivity contribution in [3.63, 3.8) is 0 Å². The van der Waals surface area contributed by atoms with Gasteiger partial charge in [0.2, 0.25) is 0 Å². The fraction of sp³-hybridized carbons (Fsp3) is 0.211. The number of rotatable bonds is 7. The molecule has 1 amide bonds. The summed E-state index contributed by atoms with van der Waals surface area (Å²) in [5.74, 6) is -1.50. The predicted octanol–water partition coefficient (Wildman–Crippen LogP) is 2.98. The van der Waals surface area contributed by atoms with E-state index in [1.54, 1.807) is 6.07 Å². The van der Waals surface area contributed by atoms with Gasteiger partial charge in [0, 0.05) is 12.1 Å². The quantitative estimate of drug-likeness (QED) is 0.570. The zero-order valence-electron chi connectivity index (χ0n) is 15.3. The topological polar surface area (TPSA) is 89.3 Å². The van der Waals surface area contributed by atoms with Crippen LogP contribution in [0.5, 0.6) is 5.75 Å². The van der Waals surface area contributed by atoms with E-state index < -0.39 is 24.2 Å². The smallest absolute Gasteiger partial charge is 0.406 e. The molecule has 1 heterocycles. The van der Waals surface area contributed by atoms with Crippen LogP contribution in [0.25, 0.3) is 0 Å². The monoisotopic (exact) mass is 424 g/mol. The summed E-state index contributed by atoms with van der Waals surface area (Å²) < 4.78 is 55.1. The Balaban J connectivity index is 1.54. The largest absolute Gasteiger partial charge is 0.573 e. The predicted molar refractivity (Wildman–Crippen MR) is 95.7 cm³/mol. The molecule has 2 N–H and O–H groups in total. The fourth-order valence-corrected chi connectivity index (χ4v) is 2.59. The van der Waals surface area contributed by atoms with Crippen molar-refractivity contribution in [3.05, 3.63) is 77.4 Å². The van der Waals surface area contributed by atoms with Crippen molar-refractivity contribution in [3.8, 4) is 5.75 Å². The summed E-state index contributed by atoms with van der Waals surface area (Å²) in [5.41, 5.74) is 0.602. The summed E-state index contributed by atoms with van der Waals surface area (Å²) in [6.07, 6.45) is -4.66. The van der Waals surface area contributed by atoms with E-state index >= 15 is 0 Å². The summed E-state index contributed by atoms with van der Waals surface area (Å²) in [4.78, 5) is 12.2. The highest BCUT2D eigenvalue weighted by Gasteiger charge is 2.30. The molecule has 2 aromatic carbocycles. The zero-order valence-corrected chi connectivity index (χ0v) is 15.3. The summed E-state index contributed by atoms with van der Waals surface area (Å²) in [7, 11) is 0. The molecule has 3 rings (SSSR count). The first-order valence-corrected chi connectivity index (χ1v) is 8.67. The second-order valence-corrected chi connectivity index (χ2v) is 6.24. The molecular formula is C19H16F4N4O3. The van der Waals surface area contributed by atoms with Gasteiger partial charge in [-0.2, -0.15) is 0 Å². The number of carbonyl (C=O) groups is 1. The Morgan fingerprint density at radius 1 is 1.17 bits per heavy atom. The second-order valence-electron chi connectivity index (χ2n) is 6.24. The number of carbonyl (C=O) groups excluding carboxylic acids is 1. The van der Waals surface area contributed by atoms with Crippen molar-refractivity contribution in [2.75, 3.05) is 0 Å². The minimum atomic E-state index is -4.78. The van der Waals surface area contributed by atoms with Crippen LogP contribution in [0.2, 0.25) is 0 Å². The molecule has 0 saturated heterocycles. The molecule has 0 aliphatic carbocycles. The first-order valence-electron chi connectivity index (χ1n) is 8.67. The van der Waals surface area contributed by atoms with Gasteiger partial charge in [0.1, 0.15) is 17.7 Å². The Hall–Kier alpha value is -3.47. The third-order valence-corrected chi connectivity index (χ3v) is 4.01. The molecule has 0 fully saturated rings. The number of alkyl halides is 3. The molecule has 0 unspecified atom stereocenters. The zero-order chi connectivity index (χ0) is 21.7. The Kier molecular flexibility index (Phi) is 6.31. The number of nitrogens with one attached hydrogen (secondary N) is 1. The van der Waals surface area contributed by atoms with E-state index in [1.807, 2.05) is 0 Å². The lowest BCUT2D eigenvalue weighted by molar-refractivity contribution is -0.274. The van der Waals surface area contributed by atoms with Gasteiger partial charge in [0.05, 0.1) is 12.7 Å². The lowest BCUT2D eigenvalue weighted by Gasteiger charge is -2.11. The first kappa shape index (κ1) is 21.2. The SMILES string of the molecule is O=C(NCc1ccc(OC(F)(F)F)cc1)c1cn(C[C@@H](O)c2ccccc2F)nn1.